The summed E-state index contributed by atoms with van der Waals surface area (Å²) in [7, 11) is 1.17. The summed E-state index contributed by atoms with van der Waals surface area (Å²) in [6.45, 7) is 2.72. The predicted octanol–water partition coefficient (Wildman–Crippen LogP) is 1.94. The average molecular weight is 292 g/mol. The molecule has 0 fully saturated rings. The second-order valence-electron chi connectivity index (χ2n) is 3.58. The molecule has 2 unspecified atom stereocenters. The first kappa shape index (κ1) is 15.8. The van der Waals surface area contributed by atoms with E-state index in [9.17, 15) is 9.59 Å². The van der Waals surface area contributed by atoms with Gasteiger partial charge in [0.2, 0.25) is 5.60 Å². The number of carbonyl (C=O) groups is 2. The number of carbonyl (C=O) groups excluding carboxylic acids is 2. The van der Waals surface area contributed by atoms with Gasteiger partial charge >= 0.3 is 11.9 Å². The molecule has 0 N–H and O–H groups in total. The van der Waals surface area contributed by atoms with E-state index in [4.69, 9.17) is 39.5 Å². The molecule has 2 atom stereocenters. The van der Waals surface area contributed by atoms with Crippen LogP contribution in [0.4, 0.5) is 0 Å². The van der Waals surface area contributed by atoms with Crippen molar-refractivity contribution in [1.29, 1.82) is 0 Å². The van der Waals surface area contributed by atoms with Crippen molar-refractivity contribution in [2.24, 2.45) is 0 Å². The molecule has 0 rings (SSSR count). The van der Waals surface area contributed by atoms with Crippen molar-refractivity contribution in [3.63, 3.8) is 0 Å². The maximum Gasteiger partial charge on any atom is 0.351 e. The van der Waals surface area contributed by atoms with Crippen LogP contribution in [0.2, 0.25) is 0 Å². The highest BCUT2D eigenvalue weighted by atomic mass is 35.5. The molecule has 4 nitrogen and oxygen atoms in total. The third-order valence-corrected chi connectivity index (χ3v) is 3.34. The van der Waals surface area contributed by atoms with Crippen molar-refractivity contribution in [2.45, 2.75) is 24.3 Å². The molecule has 0 aromatic heterocycles. The van der Waals surface area contributed by atoms with Gasteiger partial charge < -0.3 is 9.47 Å². The Morgan fingerprint density at radius 3 is 1.94 bits per heavy atom. The van der Waals surface area contributed by atoms with E-state index in [1.165, 1.54) is 21.0 Å². The van der Waals surface area contributed by atoms with Crippen LogP contribution in [0.1, 0.15) is 13.8 Å². The van der Waals surface area contributed by atoms with Gasteiger partial charge in [-0.2, -0.15) is 0 Å². The van der Waals surface area contributed by atoms with Crippen LogP contribution < -0.4 is 0 Å². The van der Waals surface area contributed by atoms with Crippen LogP contribution in [-0.4, -0.2) is 41.3 Å². The van der Waals surface area contributed by atoms with Crippen LogP contribution >= 0.6 is 34.8 Å². The van der Waals surface area contributed by atoms with E-state index < -0.39 is 22.4 Å². The predicted molar refractivity (Wildman–Crippen MR) is 62.2 cm³/mol. The fraction of sp³-hybridized carbons (Fsp3) is 0.778. The summed E-state index contributed by atoms with van der Waals surface area (Å²) < 4.78 is 9.41. The van der Waals surface area contributed by atoms with Crippen molar-refractivity contribution < 1.29 is 19.1 Å². The second kappa shape index (κ2) is 5.94. The highest BCUT2D eigenvalue weighted by Crippen LogP contribution is 2.23. The number of methoxy groups -OCH3 is 1. The third-order valence-electron chi connectivity index (χ3n) is 1.87. The zero-order valence-corrected chi connectivity index (χ0v) is 11.4. The molecule has 0 amide bonds. The largest absolute Gasteiger partial charge is 0.466 e. The molecule has 0 aliphatic carbocycles. The number of alkyl halides is 3. The van der Waals surface area contributed by atoms with E-state index in [2.05, 4.69) is 4.74 Å². The van der Waals surface area contributed by atoms with Crippen LogP contribution in [0.25, 0.3) is 0 Å². The van der Waals surface area contributed by atoms with Crippen LogP contribution in [-0.2, 0) is 19.1 Å². The lowest BCUT2D eigenvalue weighted by atomic mass is 10.1. The Balaban J connectivity index is 4.80. The third kappa shape index (κ3) is 3.68. The van der Waals surface area contributed by atoms with Gasteiger partial charge in [0.05, 0.1) is 18.9 Å². The summed E-state index contributed by atoms with van der Waals surface area (Å²) in [5, 5.41) is 0. The van der Waals surface area contributed by atoms with Gasteiger partial charge in [-0.25, -0.2) is 4.79 Å². The lowest BCUT2D eigenvalue weighted by Gasteiger charge is -2.27. The summed E-state index contributed by atoms with van der Waals surface area (Å²) in [5.41, 5.74) is -1.56. The molecule has 0 heterocycles. The molecule has 0 aromatic rings. The molecule has 0 radical (unpaired) electrons. The zero-order chi connectivity index (χ0) is 13.0. The Morgan fingerprint density at radius 2 is 1.62 bits per heavy atom. The molecule has 16 heavy (non-hydrogen) atoms. The second-order valence-corrected chi connectivity index (χ2v) is 4.95. The Kier molecular flexibility index (Phi) is 5.87. The first-order valence-corrected chi connectivity index (χ1v) is 5.81. The molecule has 0 saturated carbocycles. The number of hydrogen-bond acceptors (Lipinski definition) is 4. The first-order chi connectivity index (χ1) is 7.23. The maximum atomic E-state index is 11.6. The summed E-state index contributed by atoms with van der Waals surface area (Å²) >= 11 is 16.8. The summed E-state index contributed by atoms with van der Waals surface area (Å²) in [6, 6.07) is 0. The standard InChI is InChI=1S/C9H13Cl3O4/c1-8(12,4-10)6(13)16-9(2,5-11)7(14)15-3/h4-5H2,1-3H3. The van der Waals surface area contributed by atoms with Gasteiger partial charge in [0.25, 0.3) is 0 Å². The van der Waals surface area contributed by atoms with Crippen molar-refractivity contribution in [2.75, 3.05) is 18.9 Å². The minimum Gasteiger partial charge on any atom is -0.466 e. The van der Waals surface area contributed by atoms with Crippen LogP contribution in [0, 0.1) is 0 Å². The van der Waals surface area contributed by atoms with Crippen molar-refractivity contribution in [3.8, 4) is 0 Å². The fourth-order valence-electron chi connectivity index (χ4n) is 0.705. The van der Waals surface area contributed by atoms with E-state index >= 15 is 0 Å². The van der Waals surface area contributed by atoms with E-state index in [-0.39, 0.29) is 11.8 Å². The molecule has 7 heteroatoms. The minimum atomic E-state index is -1.56. The molecule has 0 aromatic carbocycles. The van der Waals surface area contributed by atoms with Gasteiger partial charge in [0.1, 0.15) is 0 Å². The van der Waals surface area contributed by atoms with E-state index in [0.717, 1.165) is 0 Å². The molecule has 0 spiro atoms. The maximum absolute atomic E-state index is 11.6. The lowest BCUT2D eigenvalue weighted by Crippen LogP contribution is -2.47. The minimum absolute atomic E-state index is 0.146. The highest BCUT2D eigenvalue weighted by molar-refractivity contribution is 6.38. The number of rotatable bonds is 5. The Bertz CT molecular complexity index is 280. The normalized spacial score (nSPS) is 18.1. The molecule has 0 saturated heterocycles. The smallest absolute Gasteiger partial charge is 0.351 e. The Morgan fingerprint density at radius 1 is 1.12 bits per heavy atom. The Labute approximate surface area is 109 Å². The van der Waals surface area contributed by atoms with Gasteiger partial charge in [-0.15, -0.1) is 34.8 Å². The number of esters is 2. The van der Waals surface area contributed by atoms with E-state index in [0.29, 0.717) is 0 Å². The molecule has 94 valence electrons. The zero-order valence-electron chi connectivity index (χ0n) is 9.18. The number of halogens is 3. The van der Waals surface area contributed by atoms with Gasteiger partial charge in [0.15, 0.2) is 4.87 Å². The number of hydrogen-bond donors (Lipinski definition) is 0. The quantitative estimate of drug-likeness (QED) is 0.574. The topological polar surface area (TPSA) is 52.6 Å². The summed E-state index contributed by atoms with van der Waals surface area (Å²) in [6.07, 6.45) is 0. The van der Waals surface area contributed by atoms with Crippen LogP contribution in [0.5, 0.6) is 0 Å². The summed E-state index contributed by atoms with van der Waals surface area (Å²) in [4.78, 5) is 21.5. The molecular weight excluding hydrogens is 278 g/mol. The van der Waals surface area contributed by atoms with E-state index in [1.54, 1.807) is 0 Å². The van der Waals surface area contributed by atoms with E-state index in [1.807, 2.05) is 0 Å². The van der Waals surface area contributed by atoms with Crippen LogP contribution in [0.3, 0.4) is 0 Å². The Hall–Kier alpha value is -0.190. The molecule has 0 aliphatic heterocycles. The van der Waals surface area contributed by atoms with Gasteiger partial charge in [-0.05, 0) is 13.8 Å². The molecule has 0 bridgehead atoms. The first-order valence-electron chi connectivity index (χ1n) is 4.36. The van der Waals surface area contributed by atoms with Crippen molar-refractivity contribution in [1.82, 2.24) is 0 Å². The number of ether oxygens (including phenoxy) is 2. The fourth-order valence-corrected chi connectivity index (χ4v) is 1.02. The van der Waals surface area contributed by atoms with Gasteiger partial charge in [-0.3, -0.25) is 4.79 Å². The monoisotopic (exact) mass is 290 g/mol. The lowest BCUT2D eigenvalue weighted by molar-refractivity contribution is -0.177. The highest BCUT2D eigenvalue weighted by Gasteiger charge is 2.43. The van der Waals surface area contributed by atoms with Gasteiger partial charge in [0, 0.05) is 0 Å². The summed E-state index contributed by atoms with van der Waals surface area (Å²) in [5.74, 6) is -1.95. The van der Waals surface area contributed by atoms with Crippen LogP contribution in [0.15, 0.2) is 0 Å². The molecule has 0 aliphatic rings. The molecular formula is C9H13Cl3O4. The van der Waals surface area contributed by atoms with Crippen molar-refractivity contribution >= 4 is 46.7 Å². The van der Waals surface area contributed by atoms with Crippen molar-refractivity contribution in [3.05, 3.63) is 0 Å². The average Bonchev–Trinajstić information content (AvgIpc) is 2.27. The van der Waals surface area contributed by atoms with Gasteiger partial charge in [-0.1, -0.05) is 0 Å². The SMILES string of the molecule is COC(=O)C(C)(CCl)OC(=O)C(C)(Cl)CCl.